The third kappa shape index (κ3) is 4.87. The van der Waals surface area contributed by atoms with Crippen molar-refractivity contribution < 1.29 is 4.74 Å². The average Bonchev–Trinajstić information content (AvgIpc) is 2.44. The number of nitrogens with one attached hydrogen (secondary N) is 1. The number of hydrogen-bond donors (Lipinski definition) is 1. The van der Waals surface area contributed by atoms with Crippen molar-refractivity contribution in [2.45, 2.75) is 31.5 Å². The van der Waals surface area contributed by atoms with E-state index in [9.17, 15) is 0 Å². The van der Waals surface area contributed by atoms with Crippen molar-refractivity contribution in [2.75, 3.05) is 43.8 Å². The fraction of sp³-hybridized carbons (Fsp3) is 0.692. The molecule has 0 saturated heterocycles. The van der Waals surface area contributed by atoms with Crippen LogP contribution in [0.25, 0.3) is 0 Å². The normalized spacial score (nSPS) is 12.3. The minimum absolute atomic E-state index is 0.272. The summed E-state index contributed by atoms with van der Waals surface area (Å²) in [5, 5.41) is 4.10. The summed E-state index contributed by atoms with van der Waals surface area (Å²) < 4.78 is 5.19. The Bertz CT molecular complexity index is 389. The van der Waals surface area contributed by atoms with Crippen molar-refractivity contribution in [3.8, 4) is 0 Å². The lowest BCUT2D eigenvalue weighted by Crippen LogP contribution is -2.33. The molecule has 1 N–H and O–H groups in total. The molecule has 108 valence electrons. The third-order valence-corrected chi connectivity index (χ3v) is 3.41. The van der Waals surface area contributed by atoms with Crippen LogP contribution in [0.5, 0.6) is 0 Å². The van der Waals surface area contributed by atoms with Crippen LogP contribution in [0.3, 0.4) is 0 Å². The second kappa shape index (κ2) is 8.22. The zero-order chi connectivity index (χ0) is 14.3. The summed E-state index contributed by atoms with van der Waals surface area (Å²) in [5.41, 5.74) is 0. The smallest absolute Gasteiger partial charge is 0.191 e. The van der Waals surface area contributed by atoms with Crippen LogP contribution in [0.15, 0.2) is 11.2 Å². The molecule has 0 aliphatic heterocycles. The predicted molar refractivity (Wildman–Crippen MR) is 82.3 cm³/mol. The fourth-order valence-corrected chi connectivity index (χ4v) is 1.98. The molecule has 1 atom stereocenters. The zero-order valence-electron chi connectivity index (χ0n) is 12.4. The van der Waals surface area contributed by atoms with Crippen molar-refractivity contribution in [2.24, 2.45) is 0 Å². The van der Waals surface area contributed by atoms with E-state index in [0.29, 0.717) is 6.61 Å². The molecule has 0 aliphatic rings. The van der Waals surface area contributed by atoms with Gasteiger partial charge >= 0.3 is 0 Å². The van der Waals surface area contributed by atoms with Crippen LogP contribution in [-0.4, -0.2) is 49.6 Å². The summed E-state index contributed by atoms with van der Waals surface area (Å²) in [6, 6.07) is 2.26. The molecule has 1 unspecified atom stereocenters. The molecule has 0 saturated carbocycles. The van der Waals surface area contributed by atoms with Gasteiger partial charge in [-0.3, -0.25) is 0 Å². The maximum atomic E-state index is 5.19. The number of likely N-dealkylation sites (N-methyl/N-ethyl adjacent to an activating group) is 1. The van der Waals surface area contributed by atoms with E-state index in [1.54, 1.807) is 18.9 Å². The van der Waals surface area contributed by atoms with E-state index in [0.717, 1.165) is 29.8 Å². The van der Waals surface area contributed by atoms with Crippen molar-refractivity contribution in [1.82, 2.24) is 9.97 Å². The largest absolute Gasteiger partial charge is 0.383 e. The summed E-state index contributed by atoms with van der Waals surface area (Å²) in [4.78, 5) is 11.1. The first kappa shape index (κ1) is 16.0. The van der Waals surface area contributed by atoms with Gasteiger partial charge < -0.3 is 15.0 Å². The first-order chi connectivity index (χ1) is 9.12. The van der Waals surface area contributed by atoms with E-state index in [2.05, 4.69) is 34.0 Å². The number of thioether (sulfide) groups is 1. The topological polar surface area (TPSA) is 50.3 Å². The molecule has 0 radical (unpaired) electrons. The first-order valence-electron chi connectivity index (χ1n) is 6.51. The summed E-state index contributed by atoms with van der Waals surface area (Å²) in [6.45, 7) is 5.84. The van der Waals surface area contributed by atoms with Crippen LogP contribution >= 0.6 is 11.8 Å². The van der Waals surface area contributed by atoms with Crippen LogP contribution in [-0.2, 0) is 4.74 Å². The summed E-state index contributed by atoms with van der Waals surface area (Å²) in [7, 11) is 3.74. The van der Waals surface area contributed by atoms with Gasteiger partial charge in [0.15, 0.2) is 5.16 Å². The second-order valence-corrected chi connectivity index (χ2v) is 5.21. The highest BCUT2D eigenvalue weighted by Crippen LogP contribution is 2.21. The van der Waals surface area contributed by atoms with Gasteiger partial charge in [0.2, 0.25) is 0 Å². The minimum atomic E-state index is 0.272. The van der Waals surface area contributed by atoms with Crippen LogP contribution in [0, 0.1) is 0 Å². The highest BCUT2D eigenvalue weighted by molar-refractivity contribution is 7.98. The molecule has 0 aromatic carbocycles. The van der Waals surface area contributed by atoms with Crippen molar-refractivity contribution in [3.05, 3.63) is 6.07 Å². The molecule has 1 rings (SSSR count). The average molecular weight is 284 g/mol. The van der Waals surface area contributed by atoms with E-state index in [-0.39, 0.29) is 6.04 Å². The Morgan fingerprint density at radius 2 is 2.21 bits per heavy atom. The number of nitrogens with zero attached hydrogens (tertiary/aromatic N) is 3. The van der Waals surface area contributed by atoms with Crippen molar-refractivity contribution >= 4 is 23.4 Å². The van der Waals surface area contributed by atoms with Gasteiger partial charge in [0.1, 0.15) is 11.6 Å². The van der Waals surface area contributed by atoms with Gasteiger partial charge in [-0.2, -0.15) is 0 Å². The Hall–Kier alpha value is -1.01. The Balaban J connectivity index is 2.91. The summed E-state index contributed by atoms with van der Waals surface area (Å²) in [6.07, 6.45) is 3.06. The first-order valence-corrected chi connectivity index (χ1v) is 7.73. The molecule has 0 amide bonds. The van der Waals surface area contributed by atoms with Gasteiger partial charge in [0.25, 0.3) is 0 Å². The van der Waals surface area contributed by atoms with Crippen molar-refractivity contribution in [3.63, 3.8) is 0 Å². The Labute approximate surface area is 120 Å². The molecule has 0 fully saturated rings. The Kier molecular flexibility index (Phi) is 6.94. The number of aromatic nitrogens is 2. The molecule has 19 heavy (non-hydrogen) atoms. The molecular weight excluding hydrogens is 260 g/mol. The van der Waals surface area contributed by atoms with E-state index < -0.39 is 0 Å². The minimum Gasteiger partial charge on any atom is -0.383 e. The van der Waals surface area contributed by atoms with Crippen LogP contribution < -0.4 is 10.2 Å². The number of methoxy groups -OCH3 is 1. The highest BCUT2D eigenvalue weighted by atomic mass is 32.2. The molecule has 5 nitrogen and oxygen atoms in total. The Morgan fingerprint density at radius 1 is 1.47 bits per heavy atom. The van der Waals surface area contributed by atoms with Crippen molar-refractivity contribution in [1.29, 1.82) is 0 Å². The van der Waals surface area contributed by atoms with Gasteiger partial charge in [0.05, 0.1) is 12.6 Å². The summed E-state index contributed by atoms with van der Waals surface area (Å²) >= 11 is 1.55. The van der Waals surface area contributed by atoms with E-state index in [1.165, 1.54) is 0 Å². The van der Waals surface area contributed by atoms with Crippen LogP contribution in [0.1, 0.15) is 20.3 Å². The van der Waals surface area contributed by atoms with Gasteiger partial charge in [-0.15, -0.1) is 0 Å². The van der Waals surface area contributed by atoms with Crippen LogP contribution in [0.4, 0.5) is 11.6 Å². The third-order valence-electron chi connectivity index (χ3n) is 2.86. The van der Waals surface area contributed by atoms with Gasteiger partial charge in [-0.25, -0.2) is 9.97 Å². The maximum absolute atomic E-state index is 5.19. The zero-order valence-corrected chi connectivity index (χ0v) is 13.3. The maximum Gasteiger partial charge on any atom is 0.191 e. The fourth-order valence-electron chi connectivity index (χ4n) is 1.61. The van der Waals surface area contributed by atoms with Crippen LogP contribution in [0.2, 0.25) is 0 Å². The molecule has 1 aromatic heterocycles. The summed E-state index contributed by atoms with van der Waals surface area (Å²) in [5.74, 6) is 1.80. The quantitative estimate of drug-likeness (QED) is 0.585. The monoisotopic (exact) mass is 284 g/mol. The molecule has 1 aromatic rings. The highest BCUT2D eigenvalue weighted by Gasteiger charge is 2.13. The van der Waals surface area contributed by atoms with E-state index in [4.69, 9.17) is 4.74 Å². The Morgan fingerprint density at radius 3 is 2.79 bits per heavy atom. The lowest BCUT2D eigenvalue weighted by molar-refractivity contribution is 0.183. The molecule has 1 heterocycles. The molecular formula is C13H24N4OS. The molecule has 0 aliphatic carbocycles. The lowest BCUT2D eigenvalue weighted by atomic mass is 10.3. The van der Waals surface area contributed by atoms with Gasteiger partial charge in [0, 0.05) is 26.8 Å². The number of anilines is 2. The molecule has 0 spiro atoms. The lowest BCUT2D eigenvalue weighted by Gasteiger charge is -2.25. The predicted octanol–water partition coefficient (Wildman–Crippen LogP) is 2.49. The van der Waals surface area contributed by atoms with E-state index >= 15 is 0 Å². The van der Waals surface area contributed by atoms with Gasteiger partial charge in [-0.1, -0.05) is 18.7 Å². The number of hydrogen-bond acceptors (Lipinski definition) is 6. The number of rotatable bonds is 8. The molecule has 0 bridgehead atoms. The second-order valence-electron chi connectivity index (χ2n) is 4.44. The van der Waals surface area contributed by atoms with E-state index in [1.807, 2.05) is 19.4 Å². The molecule has 6 heteroatoms. The number of ether oxygens (including phenoxy) is 1. The standard InChI is InChI=1S/C13H24N4OS/c1-6-7-14-11-8-12(16-13(15-11)19-5)17(3)10(2)9-18-4/h8,10H,6-7,9H2,1-5H3,(H,14,15,16). The SMILES string of the molecule is CCCNc1cc(N(C)C(C)COC)nc(SC)n1. The van der Waals surface area contributed by atoms with Gasteiger partial charge in [-0.05, 0) is 19.6 Å².